The number of alkyl halides is 4. The van der Waals surface area contributed by atoms with E-state index in [9.17, 15) is 17.6 Å². The molecular weight excluding hydrogens is 198 g/mol. The first-order valence-electron chi connectivity index (χ1n) is 4.76. The molecule has 0 N–H and O–H groups in total. The lowest BCUT2D eigenvalue weighted by Gasteiger charge is -2.29. The minimum Gasteiger partial charge on any atom is -0.295 e. The third kappa shape index (κ3) is 2.19. The van der Waals surface area contributed by atoms with Gasteiger partial charge in [0.2, 0.25) is 0 Å². The minimum absolute atomic E-state index is 0.116. The predicted octanol–water partition coefficient (Wildman–Crippen LogP) is 2.76. The van der Waals surface area contributed by atoms with Gasteiger partial charge in [-0.25, -0.2) is 0 Å². The third-order valence-electron chi connectivity index (χ3n) is 2.60. The minimum atomic E-state index is -3.90. The number of rotatable bonds is 1. The van der Waals surface area contributed by atoms with Gasteiger partial charge in [-0.05, 0) is 26.8 Å². The maximum Gasteiger partial charge on any atom is 0.322 e. The van der Waals surface area contributed by atoms with Gasteiger partial charge in [-0.3, -0.25) is 4.90 Å². The van der Waals surface area contributed by atoms with E-state index in [4.69, 9.17) is 0 Å². The summed E-state index contributed by atoms with van der Waals surface area (Å²) in [5, 5.41) is 0. The average molecular weight is 213 g/mol. The molecule has 0 aromatic rings. The Morgan fingerprint density at radius 3 is 2.14 bits per heavy atom. The molecule has 1 aliphatic heterocycles. The molecule has 1 rings (SSSR count). The van der Waals surface area contributed by atoms with Gasteiger partial charge in [-0.1, -0.05) is 0 Å². The topological polar surface area (TPSA) is 3.24 Å². The summed E-state index contributed by atoms with van der Waals surface area (Å²) in [7, 11) is 0. The van der Waals surface area contributed by atoms with Crippen LogP contribution < -0.4 is 0 Å². The van der Waals surface area contributed by atoms with Crippen molar-refractivity contribution in [3.63, 3.8) is 0 Å². The summed E-state index contributed by atoms with van der Waals surface area (Å²) in [5.41, 5.74) is 0. The molecule has 0 aromatic carbocycles. The molecule has 14 heavy (non-hydrogen) atoms. The van der Waals surface area contributed by atoms with Crippen molar-refractivity contribution in [3.8, 4) is 0 Å². The molecule has 0 radical (unpaired) electrons. The van der Waals surface area contributed by atoms with Crippen LogP contribution in [-0.4, -0.2) is 35.9 Å². The van der Waals surface area contributed by atoms with Gasteiger partial charge in [0.1, 0.15) is 0 Å². The van der Waals surface area contributed by atoms with Crippen molar-refractivity contribution in [3.05, 3.63) is 0 Å². The van der Waals surface area contributed by atoms with Gasteiger partial charge in [0.05, 0.1) is 6.54 Å². The van der Waals surface area contributed by atoms with Gasteiger partial charge >= 0.3 is 11.8 Å². The Balaban J connectivity index is 2.79. The van der Waals surface area contributed by atoms with Gasteiger partial charge in [-0.2, -0.15) is 17.6 Å². The lowest BCUT2D eigenvalue weighted by Crippen LogP contribution is -2.48. The highest BCUT2D eigenvalue weighted by Gasteiger charge is 2.57. The van der Waals surface area contributed by atoms with Crippen molar-refractivity contribution in [2.24, 2.45) is 0 Å². The number of likely N-dealkylation sites (tertiary alicyclic amines) is 1. The summed E-state index contributed by atoms with van der Waals surface area (Å²) >= 11 is 0. The van der Waals surface area contributed by atoms with Crippen LogP contribution in [0.1, 0.15) is 26.7 Å². The fraction of sp³-hybridized carbons (Fsp3) is 1.00. The largest absolute Gasteiger partial charge is 0.322 e. The van der Waals surface area contributed by atoms with Gasteiger partial charge in [-0.15, -0.1) is 0 Å². The first kappa shape index (κ1) is 11.8. The predicted molar refractivity (Wildman–Crippen MR) is 45.8 cm³/mol. The highest BCUT2D eigenvalue weighted by molar-refractivity contribution is 4.91. The molecular formula is C9H15F4N. The second-order valence-corrected chi connectivity index (χ2v) is 4.08. The van der Waals surface area contributed by atoms with Crippen LogP contribution in [0.4, 0.5) is 17.6 Å². The lowest BCUT2D eigenvalue weighted by molar-refractivity contribution is -0.212. The van der Waals surface area contributed by atoms with E-state index in [1.165, 1.54) is 4.90 Å². The Morgan fingerprint density at radius 2 is 1.64 bits per heavy atom. The van der Waals surface area contributed by atoms with Crippen LogP contribution >= 0.6 is 0 Å². The molecule has 0 atom stereocenters. The molecule has 1 heterocycles. The van der Waals surface area contributed by atoms with Crippen molar-refractivity contribution in [1.29, 1.82) is 0 Å². The van der Waals surface area contributed by atoms with Gasteiger partial charge in [0.25, 0.3) is 0 Å². The summed E-state index contributed by atoms with van der Waals surface area (Å²) < 4.78 is 51.9. The normalized spacial score (nSPS) is 27.6. The summed E-state index contributed by atoms with van der Waals surface area (Å²) in [6, 6.07) is -0.116. The van der Waals surface area contributed by atoms with E-state index in [0.717, 1.165) is 0 Å². The quantitative estimate of drug-likeness (QED) is 0.605. The number of nitrogens with zero attached hydrogens (tertiary/aromatic N) is 1. The fourth-order valence-electron chi connectivity index (χ4n) is 1.58. The zero-order chi connectivity index (χ0) is 11.0. The Kier molecular flexibility index (Phi) is 3.09. The molecule has 5 heteroatoms. The van der Waals surface area contributed by atoms with E-state index >= 15 is 0 Å². The van der Waals surface area contributed by atoms with Crippen molar-refractivity contribution >= 4 is 0 Å². The fourth-order valence-corrected chi connectivity index (χ4v) is 1.58. The molecule has 1 aliphatic rings. The molecule has 0 bridgehead atoms. The van der Waals surface area contributed by atoms with Gasteiger partial charge in [0, 0.05) is 12.5 Å². The molecule has 0 saturated carbocycles. The Morgan fingerprint density at radius 1 is 1.07 bits per heavy atom. The number of hydrogen-bond acceptors (Lipinski definition) is 1. The van der Waals surface area contributed by atoms with Crippen molar-refractivity contribution in [1.82, 2.24) is 4.90 Å². The summed E-state index contributed by atoms with van der Waals surface area (Å²) in [6.07, 6.45) is -0.593. The first-order chi connectivity index (χ1) is 6.26. The first-order valence-corrected chi connectivity index (χ1v) is 4.76. The van der Waals surface area contributed by atoms with Crippen LogP contribution in [0, 0.1) is 0 Å². The second kappa shape index (κ2) is 3.68. The van der Waals surface area contributed by atoms with Gasteiger partial charge < -0.3 is 0 Å². The van der Waals surface area contributed by atoms with E-state index in [1.807, 2.05) is 0 Å². The highest BCUT2D eigenvalue weighted by atomic mass is 19.3. The van der Waals surface area contributed by atoms with Crippen molar-refractivity contribution in [2.75, 3.05) is 13.1 Å². The molecule has 1 saturated heterocycles. The van der Waals surface area contributed by atoms with E-state index in [0.29, 0.717) is 6.54 Å². The Labute approximate surface area is 81.1 Å². The standard InChI is InChI=1S/C9H15F4N/c1-7(2)14-5-3-4-8(10,11)9(12,13)6-14/h7H,3-6H2,1-2H3. The SMILES string of the molecule is CC(C)N1CCCC(F)(F)C(F)(F)C1. The smallest absolute Gasteiger partial charge is 0.295 e. The monoisotopic (exact) mass is 213 g/mol. The van der Waals surface area contributed by atoms with Crippen LogP contribution in [0.15, 0.2) is 0 Å². The number of halogens is 4. The molecule has 0 unspecified atom stereocenters. The molecule has 0 aromatic heterocycles. The van der Waals surface area contributed by atoms with Gasteiger partial charge in [0.15, 0.2) is 0 Å². The molecule has 1 fully saturated rings. The zero-order valence-corrected chi connectivity index (χ0v) is 8.36. The third-order valence-corrected chi connectivity index (χ3v) is 2.60. The zero-order valence-electron chi connectivity index (χ0n) is 8.36. The Hall–Kier alpha value is -0.320. The molecule has 1 nitrogen and oxygen atoms in total. The molecule has 0 amide bonds. The van der Waals surface area contributed by atoms with E-state index in [2.05, 4.69) is 0 Å². The van der Waals surface area contributed by atoms with Crippen molar-refractivity contribution < 1.29 is 17.6 Å². The van der Waals surface area contributed by atoms with E-state index < -0.39 is 24.8 Å². The van der Waals surface area contributed by atoms with Crippen molar-refractivity contribution in [2.45, 2.75) is 44.6 Å². The van der Waals surface area contributed by atoms with Crippen LogP contribution in [0.3, 0.4) is 0 Å². The lowest BCUT2D eigenvalue weighted by atomic mass is 10.1. The van der Waals surface area contributed by atoms with Crippen LogP contribution in [-0.2, 0) is 0 Å². The molecule has 0 spiro atoms. The maximum atomic E-state index is 13.1. The summed E-state index contributed by atoms with van der Waals surface area (Å²) in [5.74, 6) is -7.75. The summed E-state index contributed by atoms with van der Waals surface area (Å²) in [4.78, 5) is 1.40. The molecule has 84 valence electrons. The summed E-state index contributed by atoms with van der Waals surface area (Å²) in [6.45, 7) is 2.96. The van der Waals surface area contributed by atoms with Crippen LogP contribution in [0.5, 0.6) is 0 Å². The molecule has 0 aliphatic carbocycles. The van der Waals surface area contributed by atoms with Crippen LogP contribution in [0.2, 0.25) is 0 Å². The highest BCUT2D eigenvalue weighted by Crippen LogP contribution is 2.40. The number of hydrogen-bond donors (Lipinski definition) is 0. The average Bonchev–Trinajstić information content (AvgIpc) is 2.09. The maximum absolute atomic E-state index is 13.1. The van der Waals surface area contributed by atoms with E-state index in [1.54, 1.807) is 13.8 Å². The second-order valence-electron chi connectivity index (χ2n) is 4.08. The van der Waals surface area contributed by atoms with E-state index in [-0.39, 0.29) is 12.5 Å². The van der Waals surface area contributed by atoms with Crippen LogP contribution in [0.25, 0.3) is 0 Å². The Bertz CT molecular complexity index is 203.